The van der Waals surface area contributed by atoms with E-state index < -0.39 is 6.10 Å². The van der Waals surface area contributed by atoms with Gasteiger partial charge in [0.2, 0.25) is 0 Å². The molecule has 2 aromatic rings. The maximum atomic E-state index is 10.4. The van der Waals surface area contributed by atoms with Crippen molar-refractivity contribution in [3.63, 3.8) is 0 Å². The van der Waals surface area contributed by atoms with Crippen molar-refractivity contribution in [2.24, 2.45) is 0 Å². The molecule has 1 N–H and O–H groups in total. The van der Waals surface area contributed by atoms with Gasteiger partial charge in [-0.3, -0.25) is 4.90 Å². The molecule has 0 bridgehead atoms. The van der Waals surface area contributed by atoms with Gasteiger partial charge in [0, 0.05) is 38.4 Å². The first-order valence-corrected chi connectivity index (χ1v) is 8.25. The maximum absolute atomic E-state index is 10.4. The maximum Gasteiger partial charge on any atom is 0.128 e. The molecule has 2 atom stereocenters. The monoisotopic (exact) mass is 322 g/mol. The zero-order chi connectivity index (χ0) is 16.9. The Bertz CT molecular complexity index is 696. The van der Waals surface area contributed by atoms with Crippen LogP contribution in [0.2, 0.25) is 0 Å². The number of piperazine rings is 1. The number of aliphatic hydroxyl groups excluding tert-OH is 1. The molecule has 0 spiro atoms. The lowest BCUT2D eigenvalue weighted by molar-refractivity contribution is 0.0848. The van der Waals surface area contributed by atoms with Crippen LogP contribution in [0.25, 0.3) is 0 Å². The summed E-state index contributed by atoms with van der Waals surface area (Å²) in [4.78, 5) is 8.93. The molecule has 0 radical (unpaired) electrons. The highest BCUT2D eigenvalue weighted by Gasteiger charge is 2.26. The molecule has 5 heteroatoms. The van der Waals surface area contributed by atoms with Crippen LogP contribution in [0.1, 0.15) is 24.2 Å². The largest absolute Gasteiger partial charge is 0.387 e. The number of anilines is 1. The van der Waals surface area contributed by atoms with Crippen molar-refractivity contribution in [1.82, 2.24) is 9.88 Å². The van der Waals surface area contributed by atoms with E-state index in [9.17, 15) is 5.11 Å². The topological polar surface area (TPSA) is 63.4 Å². The second-order valence-corrected chi connectivity index (χ2v) is 6.23. The lowest BCUT2D eigenvalue weighted by Crippen LogP contribution is -2.53. The minimum atomic E-state index is -0.465. The van der Waals surface area contributed by atoms with Crippen molar-refractivity contribution in [3.05, 3.63) is 59.8 Å². The molecule has 5 nitrogen and oxygen atoms in total. The molecule has 1 fully saturated rings. The SMILES string of the molecule is C[C@H]1CN(c2ccc(C#N)cn2)CCN1C[C@H](O)c1ccccc1. The second-order valence-electron chi connectivity index (χ2n) is 6.23. The van der Waals surface area contributed by atoms with Gasteiger partial charge in [-0.25, -0.2) is 4.98 Å². The van der Waals surface area contributed by atoms with Crippen molar-refractivity contribution in [2.45, 2.75) is 19.1 Å². The third-order valence-corrected chi connectivity index (χ3v) is 4.56. The minimum absolute atomic E-state index is 0.328. The minimum Gasteiger partial charge on any atom is -0.387 e. The Hall–Kier alpha value is -2.42. The van der Waals surface area contributed by atoms with Crippen LogP contribution in [-0.2, 0) is 0 Å². The molecule has 0 aliphatic carbocycles. The molecule has 1 aliphatic heterocycles. The van der Waals surface area contributed by atoms with E-state index in [2.05, 4.69) is 27.8 Å². The van der Waals surface area contributed by atoms with Crippen molar-refractivity contribution in [3.8, 4) is 6.07 Å². The molecule has 0 unspecified atom stereocenters. The van der Waals surface area contributed by atoms with Gasteiger partial charge in [-0.1, -0.05) is 30.3 Å². The van der Waals surface area contributed by atoms with Crippen LogP contribution in [-0.4, -0.2) is 47.2 Å². The van der Waals surface area contributed by atoms with Crippen LogP contribution in [0.5, 0.6) is 0 Å². The lowest BCUT2D eigenvalue weighted by Gasteiger charge is -2.41. The smallest absolute Gasteiger partial charge is 0.128 e. The zero-order valence-electron chi connectivity index (χ0n) is 13.8. The average Bonchev–Trinajstić information content (AvgIpc) is 2.64. The third kappa shape index (κ3) is 3.73. The van der Waals surface area contributed by atoms with E-state index in [0.717, 1.165) is 31.0 Å². The first kappa shape index (κ1) is 16.4. The summed E-state index contributed by atoms with van der Waals surface area (Å²) in [7, 11) is 0. The molecule has 0 saturated carbocycles. The number of nitrogens with zero attached hydrogens (tertiary/aromatic N) is 4. The van der Waals surface area contributed by atoms with Crippen molar-refractivity contribution >= 4 is 5.82 Å². The standard InChI is InChI=1S/C19H22N4O/c1-15-13-23(19-8-7-16(11-20)12-21-19)10-9-22(15)14-18(24)17-5-3-2-4-6-17/h2-8,12,15,18,24H,9-10,13-14H2,1H3/t15-,18-/m0/s1. The van der Waals surface area contributed by atoms with Gasteiger partial charge in [-0.2, -0.15) is 5.26 Å². The Kier molecular flexibility index (Phi) is 5.09. The van der Waals surface area contributed by atoms with Gasteiger partial charge in [-0.15, -0.1) is 0 Å². The van der Waals surface area contributed by atoms with Crippen molar-refractivity contribution < 1.29 is 5.11 Å². The highest BCUT2D eigenvalue weighted by molar-refractivity contribution is 5.42. The van der Waals surface area contributed by atoms with Crippen LogP contribution in [0, 0.1) is 11.3 Å². The van der Waals surface area contributed by atoms with Crippen LogP contribution in [0.4, 0.5) is 5.82 Å². The summed E-state index contributed by atoms with van der Waals surface area (Å²) >= 11 is 0. The normalized spacial score (nSPS) is 19.7. The van der Waals surface area contributed by atoms with Gasteiger partial charge in [0.25, 0.3) is 0 Å². The predicted molar refractivity (Wildman–Crippen MR) is 93.6 cm³/mol. The number of hydrogen-bond donors (Lipinski definition) is 1. The van der Waals surface area contributed by atoms with Crippen LogP contribution < -0.4 is 4.90 Å². The van der Waals surface area contributed by atoms with E-state index >= 15 is 0 Å². The highest BCUT2D eigenvalue weighted by atomic mass is 16.3. The first-order chi connectivity index (χ1) is 11.7. The summed E-state index contributed by atoms with van der Waals surface area (Å²) in [6.07, 6.45) is 1.15. The van der Waals surface area contributed by atoms with Gasteiger partial charge in [-0.05, 0) is 24.6 Å². The number of aromatic nitrogens is 1. The summed E-state index contributed by atoms with van der Waals surface area (Å²) in [5, 5.41) is 19.3. The van der Waals surface area contributed by atoms with Crippen LogP contribution in [0.15, 0.2) is 48.7 Å². The number of rotatable bonds is 4. The molecule has 1 aliphatic rings. The lowest BCUT2D eigenvalue weighted by atomic mass is 10.1. The summed E-state index contributed by atoms with van der Waals surface area (Å²) < 4.78 is 0. The number of nitriles is 1. The highest BCUT2D eigenvalue weighted by Crippen LogP contribution is 2.20. The van der Waals surface area contributed by atoms with Gasteiger partial charge < -0.3 is 10.0 Å². The summed E-state index contributed by atoms with van der Waals surface area (Å²) in [5.41, 5.74) is 1.54. The van der Waals surface area contributed by atoms with E-state index in [4.69, 9.17) is 5.26 Å². The van der Waals surface area contributed by atoms with E-state index in [1.165, 1.54) is 0 Å². The summed E-state index contributed by atoms with van der Waals surface area (Å²) in [6.45, 7) is 5.42. The van der Waals surface area contributed by atoms with E-state index in [-0.39, 0.29) is 0 Å². The number of β-amino-alcohol motifs (C(OH)–C–C–N with tert-alkyl or cyclic N) is 1. The number of aliphatic hydroxyl groups is 1. The first-order valence-electron chi connectivity index (χ1n) is 8.25. The second kappa shape index (κ2) is 7.43. The van der Waals surface area contributed by atoms with E-state index in [1.807, 2.05) is 36.4 Å². The molecule has 2 heterocycles. The fraction of sp³-hybridized carbons (Fsp3) is 0.368. The Morgan fingerprint density at radius 1 is 1.25 bits per heavy atom. The Morgan fingerprint density at radius 2 is 2.04 bits per heavy atom. The van der Waals surface area contributed by atoms with Gasteiger partial charge in [0.05, 0.1) is 11.7 Å². The zero-order valence-corrected chi connectivity index (χ0v) is 13.8. The molecule has 3 rings (SSSR count). The van der Waals surface area contributed by atoms with Gasteiger partial charge in [0.15, 0.2) is 0 Å². The van der Waals surface area contributed by atoms with Crippen LogP contribution >= 0.6 is 0 Å². The van der Waals surface area contributed by atoms with Gasteiger partial charge in [0.1, 0.15) is 11.9 Å². The van der Waals surface area contributed by atoms with Crippen LogP contribution in [0.3, 0.4) is 0 Å². The Balaban J connectivity index is 1.59. The molecule has 1 aromatic carbocycles. The Morgan fingerprint density at radius 3 is 2.67 bits per heavy atom. The van der Waals surface area contributed by atoms with E-state index in [1.54, 1.807) is 12.3 Å². The third-order valence-electron chi connectivity index (χ3n) is 4.56. The number of pyridine rings is 1. The Labute approximate surface area is 142 Å². The molecular weight excluding hydrogens is 300 g/mol. The molecule has 1 saturated heterocycles. The average molecular weight is 322 g/mol. The quantitative estimate of drug-likeness (QED) is 0.935. The predicted octanol–water partition coefficient (Wildman–Crippen LogP) is 2.20. The molecule has 1 aromatic heterocycles. The number of benzene rings is 1. The summed E-state index contributed by atoms with van der Waals surface area (Å²) in [5.74, 6) is 0.907. The van der Waals surface area contributed by atoms with E-state index in [0.29, 0.717) is 18.2 Å². The van der Waals surface area contributed by atoms with Crippen molar-refractivity contribution in [2.75, 3.05) is 31.1 Å². The van der Waals surface area contributed by atoms with Gasteiger partial charge >= 0.3 is 0 Å². The summed E-state index contributed by atoms with van der Waals surface area (Å²) in [6, 6.07) is 15.9. The van der Waals surface area contributed by atoms with Crippen molar-refractivity contribution in [1.29, 1.82) is 5.26 Å². The molecule has 0 amide bonds. The molecule has 124 valence electrons. The molecular formula is C19H22N4O. The number of hydrogen-bond acceptors (Lipinski definition) is 5. The fourth-order valence-corrected chi connectivity index (χ4v) is 3.12. The fourth-order valence-electron chi connectivity index (χ4n) is 3.12. The molecule has 24 heavy (non-hydrogen) atoms.